The summed E-state index contributed by atoms with van der Waals surface area (Å²) in [6.45, 7) is 3.51. The van der Waals surface area contributed by atoms with Gasteiger partial charge in [-0.3, -0.25) is 9.59 Å². The minimum Gasteiger partial charge on any atom is -0.324 e. The van der Waals surface area contributed by atoms with Crippen LogP contribution in [-0.2, 0) is 4.79 Å². The van der Waals surface area contributed by atoms with E-state index < -0.39 is 6.04 Å². The average molecular weight is 342 g/mol. The van der Waals surface area contributed by atoms with Crippen molar-refractivity contribution in [1.82, 2.24) is 9.78 Å². The number of anilines is 1. The van der Waals surface area contributed by atoms with E-state index in [-0.39, 0.29) is 11.5 Å². The molecule has 0 aliphatic rings. The molecule has 0 unspecified atom stereocenters. The van der Waals surface area contributed by atoms with Crippen molar-refractivity contribution in [2.75, 3.05) is 5.32 Å². The zero-order chi connectivity index (χ0) is 17.3. The Bertz CT molecular complexity index is 981. The maximum Gasteiger partial charge on any atom is 0.275 e. The predicted molar refractivity (Wildman–Crippen MR) is 95.5 cm³/mol. The largest absolute Gasteiger partial charge is 0.324 e. The first kappa shape index (κ1) is 16.2. The molecule has 1 amide bonds. The summed E-state index contributed by atoms with van der Waals surface area (Å²) in [4.78, 5) is 25.1. The number of rotatable bonds is 3. The number of nitrogens with zero attached hydrogens (tertiary/aromatic N) is 2. The summed E-state index contributed by atoms with van der Waals surface area (Å²) >= 11 is 5.97. The Labute approximate surface area is 143 Å². The number of hydrogen-bond acceptors (Lipinski definition) is 3. The summed E-state index contributed by atoms with van der Waals surface area (Å²) in [7, 11) is 0. The quantitative estimate of drug-likeness (QED) is 0.792. The highest BCUT2D eigenvalue weighted by molar-refractivity contribution is 6.31. The summed E-state index contributed by atoms with van der Waals surface area (Å²) in [5, 5.41) is 8.74. The van der Waals surface area contributed by atoms with E-state index >= 15 is 0 Å². The van der Waals surface area contributed by atoms with Gasteiger partial charge in [0.25, 0.3) is 5.56 Å². The lowest BCUT2D eigenvalue weighted by Crippen LogP contribution is -2.33. The molecule has 0 aliphatic heterocycles. The fraction of sp³-hybridized carbons (Fsp3) is 0.167. The van der Waals surface area contributed by atoms with Gasteiger partial charge >= 0.3 is 0 Å². The summed E-state index contributed by atoms with van der Waals surface area (Å²) in [6, 6.07) is 11.7. The average Bonchev–Trinajstić information content (AvgIpc) is 2.58. The van der Waals surface area contributed by atoms with E-state index in [1.807, 2.05) is 25.1 Å². The van der Waals surface area contributed by atoms with E-state index in [0.29, 0.717) is 16.1 Å². The molecular formula is C18H16ClN3O2. The normalized spacial score (nSPS) is 12.1. The Balaban J connectivity index is 1.92. The molecule has 1 heterocycles. The maximum absolute atomic E-state index is 12.5. The van der Waals surface area contributed by atoms with Crippen LogP contribution in [0.3, 0.4) is 0 Å². The number of carbonyl (C=O) groups excluding carboxylic acids is 1. The summed E-state index contributed by atoms with van der Waals surface area (Å²) < 4.78 is 1.19. The van der Waals surface area contributed by atoms with Crippen molar-refractivity contribution in [2.24, 2.45) is 0 Å². The molecule has 3 aromatic rings. The number of halogens is 1. The molecular weight excluding hydrogens is 326 g/mol. The van der Waals surface area contributed by atoms with E-state index in [9.17, 15) is 9.59 Å². The topological polar surface area (TPSA) is 64.0 Å². The first-order valence-corrected chi connectivity index (χ1v) is 7.89. The zero-order valence-electron chi connectivity index (χ0n) is 13.3. The monoisotopic (exact) mass is 341 g/mol. The van der Waals surface area contributed by atoms with Crippen molar-refractivity contribution in [3.8, 4) is 0 Å². The van der Waals surface area contributed by atoms with Gasteiger partial charge in [-0.15, -0.1) is 0 Å². The van der Waals surface area contributed by atoms with E-state index in [2.05, 4.69) is 10.4 Å². The van der Waals surface area contributed by atoms with Gasteiger partial charge in [-0.2, -0.15) is 5.10 Å². The molecule has 0 bridgehead atoms. The van der Waals surface area contributed by atoms with Crippen molar-refractivity contribution in [1.29, 1.82) is 0 Å². The highest BCUT2D eigenvalue weighted by Crippen LogP contribution is 2.21. The predicted octanol–water partition coefficient (Wildman–Crippen LogP) is 3.56. The zero-order valence-corrected chi connectivity index (χ0v) is 14.0. The molecule has 1 aromatic heterocycles. The number of hydrogen-bond donors (Lipinski definition) is 1. The second kappa shape index (κ2) is 6.45. The second-order valence-electron chi connectivity index (χ2n) is 5.61. The Morgan fingerprint density at radius 3 is 2.79 bits per heavy atom. The van der Waals surface area contributed by atoms with Gasteiger partial charge in [0, 0.05) is 16.1 Å². The van der Waals surface area contributed by atoms with Crippen molar-refractivity contribution in [3.05, 3.63) is 69.6 Å². The highest BCUT2D eigenvalue weighted by Gasteiger charge is 2.19. The van der Waals surface area contributed by atoms with Gasteiger partial charge in [-0.1, -0.05) is 35.9 Å². The van der Waals surface area contributed by atoms with E-state index in [1.165, 1.54) is 4.68 Å². The van der Waals surface area contributed by atoms with Crippen LogP contribution in [-0.4, -0.2) is 15.7 Å². The van der Waals surface area contributed by atoms with Crippen molar-refractivity contribution in [3.63, 3.8) is 0 Å². The highest BCUT2D eigenvalue weighted by atomic mass is 35.5. The van der Waals surface area contributed by atoms with Gasteiger partial charge < -0.3 is 5.32 Å². The molecule has 24 heavy (non-hydrogen) atoms. The maximum atomic E-state index is 12.5. The van der Waals surface area contributed by atoms with Gasteiger partial charge in [0.1, 0.15) is 6.04 Å². The molecule has 0 saturated carbocycles. The lowest BCUT2D eigenvalue weighted by Gasteiger charge is -2.15. The van der Waals surface area contributed by atoms with Gasteiger partial charge in [0.2, 0.25) is 5.91 Å². The summed E-state index contributed by atoms with van der Waals surface area (Å²) in [5.74, 6) is -0.328. The number of benzene rings is 2. The minimum absolute atomic E-state index is 0.293. The second-order valence-corrected chi connectivity index (χ2v) is 6.04. The van der Waals surface area contributed by atoms with Crippen molar-refractivity contribution >= 4 is 34.0 Å². The summed E-state index contributed by atoms with van der Waals surface area (Å²) in [6.07, 6.45) is 1.59. The third-order valence-corrected chi connectivity index (χ3v) is 4.16. The van der Waals surface area contributed by atoms with Crippen LogP contribution >= 0.6 is 11.6 Å². The molecule has 0 spiro atoms. The van der Waals surface area contributed by atoms with Gasteiger partial charge in [0.05, 0.1) is 11.6 Å². The standard InChI is InChI=1S/C18H16ClN3O2/c1-11-7-8-14(19)9-16(11)21-17(23)12(2)22-18(24)15-6-4-3-5-13(15)10-20-22/h3-10,12H,1-2H3,(H,21,23)/t12-/m1/s1. The third kappa shape index (κ3) is 3.03. The van der Waals surface area contributed by atoms with Crippen LogP contribution in [0.2, 0.25) is 5.02 Å². The van der Waals surface area contributed by atoms with Crippen LogP contribution in [0.4, 0.5) is 5.69 Å². The fourth-order valence-electron chi connectivity index (χ4n) is 2.46. The number of carbonyl (C=O) groups is 1. The molecule has 0 aliphatic carbocycles. The Hall–Kier alpha value is -2.66. The van der Waals surface area contributed by atoms with E-state index in [4.69, 9.17) is 11.6 Å². The van der Waals surface area contributed by atoms with E-state index in [1.54, 1.807) is 37.4 Å². The SMILES string of the molecule is Cc1ccc(Cl)cc1NC(=O)[C@@H](C)n1ncc2ccccc2c1=O. The third-order valence-electron chi connectivity index (χ3n) is 3.92. The fourth-order valence-corrected chi connectivity index (χ4v) is 2.63. The number of amides is 1. The first-order valence-electron chi connectivity index (χ1n) is 7.51. The van der Waals surface area contributed by atoms with Crippen molar-refractivity contribution in [2.45, 2.75) is 19.9 Å². The van der Waals surface area contributed by atoms with Crippen LogP contribution in [0.5, 0.6) is 0 Å². The lowest BCUT2D eigenvalue weighted by molar-refractivity contribution is -0.119. The molecule has 6 heteroatoms. The van der Waals surface area contributed by atoms with Gasteiger partial charge in [-0.25, -0.2) is 4.68 Å². The Morgan fingerprint density at radius 1 is 1.25 bits per heavy atom. The first-order chi connectivity index (χ1) is 11.5. The molecule has 0 fully saturated rings. The number of nitrogens with one attached hydrogen (secondary N) is 1. The molecule has 1 atom stereocenters. The molecule has 0 radical (unpaired) electrons. The number of aromatic nitrogens is 2. The lowest BCUT2D eigenvalue weighted by atomic mass is 10.2. The van der Waals surface area contributed by atoms with Crippen LogP contribution in [0.25, 0.3) is 10.8 Å². The van der Waals surface area contributed by atoms with Crippen LogP contribution < -0.4 is 10.9 Å². The number of fused-ring (bicyclic) bond motifs is 1. The van der Waals surface area contributed by atoms with Crippen LogP contribution in [0, 0.1) is 6.92 Å². The van der Waals surface area contributed by atoms with Crippen molar-refractivity contribution < 1.29 is 4.79 Å². The van der Waals surface area contributed by atoms with Gasteiger partial charge in [0.15, 0.2) is 0 Å². The van der Waals surface area contributed by atoms with Crippen LogP contribution in [0.15, 0.2) is 53.5 Å². The van der Waals surface area contributed by atoms with Crippen LogP contribution in [0.1, 0.15) is 18.5 Å². The molecule has 122 valence electrons. The molecule has 2 aromatic carbocycles. The number of aryl methyl sites for hydroxylation is 1. The van der Waals surface area contributed by atoms with Gasteiger partial charge in [-0.05, 0) is 37.6 Å². The Kier molecular flexibility index (Phi) is 4.36. The molecule has 1 N–H and O–H groups in total. The van der Waals surface area contributed by atoms with E-state index in [0.717, 1.165) is 10.9 Å². The molecule has 0 saturated heterocycles. The Morgan fingerprint density at radius 2 is 2.00 bits per heavy atom. The smallest absolute Gasteiger partial charge is 0.275 e. The molecule has 3 rings (SSSR count). The summed E-state index contributed by atoms with van der Waals surface area (Å²) in [5.41, 5.74) is 1.21. The molecule has 5 nitrogen and oxygen atoms in total. The minimum atomic E-state index is -0.750.